The minimum atomic E-state index is 0.0850. The van der Waals surface area contributed by atoms with Crippen LogP contribution in [0.5, 0.6) is 0 Å². The Morgan fingerprint density at radius 3 is 2.76 bits per heavy atom. The summed E-state index contributed by atoms with van der Waals surface area (Å²) in [6, 6.07) is 8.40. The van der Waals surface area contributed by atoms with Crippen molar-refractivity contribution in [1.82, 2.24) is 4.57 Å². The lowest BCUT2D eigenvalue weighted by atomic mass is 10.1. The Kier molecular flexibility index (Phi) is 2.60. The summed E-state index contributed by atoms with van der Waals surface area (Å²) in [5.41, 5.74) is 3.73. The van der Waals surface area contributed by atoms with Crippen LogP contribution in [0.15, 0.2) is 40.4 Å². The first-order valence-corrected chi connectivity index (χ1v) is 6.50. The molecule has 1 unspecified atom stereocenters. The summed E-state index contributed by atoms with van der Waals surface area (Å²) >= 11 is 3.71. The van der Waals surface area contributed by atoms with Crippen molar-refractivity contribution in [3.05, 3.63) is 46.1 Å². The molecule has 1 aromatic carbocycles. The maximum Gasteiger partial charge on any atom is 0.120 e. The van der Waals surface area contributed by atoms with Crippen LogP contribution in [0, 0.1) is 0 Å². The van der Waals surface area contributed by atoms with Gasteiger partial charge in [0.2, 0.25) is 0 Å². The molecule has 1 aliphatic rings. The maximum absolute atomic E-state index is 5.80. The third kappa shape index (κ3) is 1.57. The van der Waals surface area contributed by atoms with Gasteiger partial charge in [-0.3, -0.25) is 0 Å². The third-order valence-corrected chi connectivity index (χ3v) is 4.25. The highest BCUT2D eigenvalue weighted by Crippen LogP contribution is 2.39. The first kappa shape index (κ1) is 11.1. The molecule has 17 heavy (non-hydrogen) atoms. The summed E-state index contributed by atoms with van der Waals surface area (Å²) in [5, 5.41) is 1.24. The minimum Gasteiger partial charge on any atom is -0.364 e. The van der Waals surface area contributed by atoms with E-state index in [2.05, 4.69) is 64.8 Å². The van der Waals surface area contributed by atoms with E-state index < -0.39 is 0 Å². The molecule has 0 N–H and O–H groups in total. The lowest BCUT2D eigenvalue weighted by Gasteiger charge is -2.14. The minimum absolute atomic E-state index is 0.0850. The van der Waals surface area contributed by atoms with E-state index in [4.69, 9.17) is 4.74 Å². The molecular formula is C14H14BrNO. The zero-order chi connectivity index (χ0) is 12.0. The summed E-state index contributed by atoms with van der Waals surface area (Å²) < 4.78 is 9.16. The monoisotopic (exact) mass is 291 g/mol. The van der Waals surface area contributed by atoms with E-state index in [0.29, 0.717) is 6.61 Å². The van der Waals surface area contributed by atoms with Crippen molar-refractivity contribution in [1.29, 1.82) is 0 Å². The topological polar surface area (TPSA) is 14.2 Å². The van der Waals surface area contributed by atoms with Crippen molar-refractivity contribution >= 4 is 26.8 Å². The van der Waals surface area contributed by atoms with E-state index in [9.17, 15) is 0 Å². The highest BCUT2D eigenvalue weighted by atomic mass is 79.9. The zero-order valence-electron chi connectivity index (χ0n) is 9.90. The average Bonchev–Trinajstić information content (AvgIpc) is 2.84. The summed E-state index contributed by atoms with van der Waals surface area (Å²) in [7, 11) is 2.09. The van der Waals surface area contributed by atoms with Crippen LogP contribution in [0.1, 0.15) is 18.7 Å². The average molecular weight is 292 g/mol. The Morgan fingerprint density at radius 1 is 1.35 bits per heavy atom. The van der Waals surface area contributed by atoms with Gasteiger partial charge in [0.1, 0.15) is 6.10 Å². The van der Waals surface area contributed by atoms with Crippen LogP contribution in [0.3, 0.4) is 0 Å². The molecule has 1 aromatic heterocycles. The number of benzene rings is 1. The van der Waals surface area contributed by atoms with Gasteiger partial charge in [0.15, 0.2) is 0 Å². The second kappa shape index (κ2) is 4.00. The third-order valence-electron chi connectivity index (χ3n) is 3.42. The molecule has 0 saturated carbocycles. The molecule has 0 saturated heterocycles. The lowest BCUT2D eigenvalue weighted by Crippen LogP contribution is -2.06. The Morgan fingerprint density at radius 2 is 2.12 bits per heavy atom. The molecule has 0 aliphatic carbocycles. The zero-order valence-corrected chi connectivity index (χ0v) is 11.5. The number of aryl methyl sites for hydroxylation is 1. The highest BCUT2D eigenvalue weighted by molar-refractivity contribution is 9.10. The number of fused-ring (bicyclic) bond motifs is 1. The molecule has 1 atom stereocenters. The Bertz CT molecular complexity index is 573. The molecule has 3 heteroatoms. The van der Waals surface area contributed by atoms with Gasteiger partial charge in [-0.1, -0.05) is 24.3 Å². The fraction of sp³-hybridized carbons (Fsp3) is 0.286. The molecule has 1 aliphatic heterocycles. The van der Waals surface area contributed by atoms with Gasteiger partial charge in [0.25, 0.3) is 0 Å². The summed E-state index contributed by atoms with van der Waals surface area (Å²) in [6.07, 6.45) is 2.23. The lowest BCUT2D eigenvalue weighted by molar-refractivity contribution is 0.117. The van der Waals surface area contributed by atoms with Crippen molar-refractivity contribution in [2.45, 2.75) is 13.0 Å². The molecule has 3 rings (SSSR count). The van der Waals surface area contributed by atoms with Crippen LogP contribution in [-0.2, 0) is 11.8 Å². The number of aromatic nitrogens is 1. The molecule has 2 nitrogen and oxygen atoms in total. The van der Waals surface area contributed by atoms with E-state index in [0.717, 1.165) is 4.47 Å². The molecule has 0 amide bonds. The Hall–Kier alpha value is -1.06. The molecule has 88 valence electrons. The fourth-order valence-electron chi connectivity index (χ4n) is 2.47. The van der Waals surface area contributed by atoms with Crippen molar-refractivity contribution in [3.63, 3.8) is 0 Å². The summed E-state index contributed by atoms with van der Waals surface area (Å²) in [6.45, 7) is 2.84. The highest BCUT2D eigenvalue weighted by Gasteiger charge is 2.25. The number of para-hydroxylation sites is 1. The predicted octanol–water partition coefficient (Wildman–Crippen LogP) is 3.96. The fourth-order valence-corrected chi connectivity index (χ4v) is 3.28. The van der Waals surface area contributed by atoms with Gasteiger partial charge in [-0.25, -0.2) is 0 Å². The molecular weight excluding hydrogens is 278 g/mol. The maximum atomic E-state index is 5.80. The van der Waals surface area contributed by atoms with Gasteiger partial charge in [0, 0.05) is 22.4 Å². The van der Waals surface area contributed by atoms with Crippen molar-refractivity contribution in [2.24, 2.45) is 7.05 Å². The predicted molar refractivity (Wildman–Crippen MR) is 73.1 cm³/mol. The van der Waals surface area contributed by atoms with Crippen LogP contribution < -0.4 is 0 Å². The number of hydrogen-bond acceptors (Lipinski definition) is 1. The summed E-state index contributed by atoms with van der Waals surface area (Å²) in [5.74, 6) is 0. The smallest absolute Gasteiger partial charge is 0.120 e. The van der Waals surface area contributed by atoms with E-state index in [1.165, 1.54) is 22.2 Å². The van der Waals surface area contributed by atoms with Crippen molar-refractivity contribution < 1.29 is 4.74 Å². The number of hydrogen-bond donors (Lipinski definition) is 0. The van der Waals surface area contributed by atoms with Crippen LogP contribution in [0.4, 0.5) is 0 Å². The van der Waals surface area contributed by atoms with E-state index in [-0.39, 0.29) is 6.10 Å². The molecule has 0 bridgehead atoms. The second-order valence-electron chi connectivity index (χ2n) is 4.44. The first-order chi connectivity index (χ1) is 8.20. The SMILES string of the molecule is CC1=CCOC1c1c(Br)c2ccccc2n1C. The summed E-state index contributed by atoms with van der Waals surface area (Å²) in [4.78, 5) is 0. The first-order valence-electron chi connectivity index (χ1n) is 5.71. The van der Waals surface area contributed by atoms with Crippen LogP contribution in [0.25, 0.3) is 10.9 Å². The number of halogens is 1. The quantitative estimate of drug-likeness (QED) is 0.726. The second-order valence-corrected chi connectivity index (χ2v) is 5.23. The number of nitrogens with zero attached hydrogens (tertiary/aromatic N) is 1. The van der Waals surface area contributed by atoms with Gasteiger partial charge in [-0.15, -0.1) is 0 Å². The van der Waals surface area contributed by atoms with E-state index in [1.54, 1.807) is 0 Å². The largest absolute Gasteiger partial charge is 0.364 e. The molecule has 0 radical (unpaired) electrons. The van der Waals surface area contributed by atoms with Crippen molar-refractivity contribution in [2.75, 3.05) is 6.61 Å². The van der Waals surface area contributed by atoms with Crippen molar-refractivity contribution in [3.8, 4) is 0 Å². The van der Waals surface area contributed by atoms with E-state index >= 15 is 0 Å². The van der Waals surface area contributed by atoms with E-state index in [1.807, 2.05) is 0 Å². The van der Waals surface area contributed by atoms with Gasteiger partial charge in [-0.2, -0.15) is 0 Å². The molecule has 0 fully saturated rings. The van der Waals surface area contributed by atoms with Gasteiger partial charge >= 0.3 is 0 Å². The van der Waals surface area contributed by atoms with Crippen LogP contribution in [-0.4, -0.2) is 11.2 Å². The van der Waals surface area contributed by atoms with Crippen LogP contribution >= 0.6 is 15.9 Å². The van der Waals surface area contributed by atoms with Gasteiger partial charge in [-0.05, 0) is 34.5 Å². The van der Waals surface area contributed by atoms with Gasteiger partial charge < -0.3 is 9.30 Å². The van der Waals surface area contributed by atoms with Crippen LogP contribution in [0.2, 0.25) is 0 Å². The Labute approximate surface area is 109 Å². The number of rotatable bonds is 1. The normalized spacial score (nSPS) is 19.9. The number of ether oxygens (including phenoxy) is 1. The standard InChI is InChI=1S/C14H14BrNO/c1-9-7-8-17-14(9)13-12(15)10-5-3-4-6-11(10)16(13)2/h3-7,14H,8H2,1-2H3. The molecule has 0 spiro atoms. The molecule has 2 heterocycles. The molecule has 2 aromatic rings. The van der Waals surface area contributed by atoms with Gasteiger partial charge in [0.05, 0.1) is 12.3 Å². The Balaban J connectivity index is 2.26.